The molecule has 1 heterocycles. The zero-order valence-corrected chi connectivity index (χ0v) is 15.2. The number of rotatable bonds is 7. The summed E-state index contributed by atoms with van der Waals surface area (Å²) >= 11 is 0. The minimum Gasteiger partial charge on any atom is -0.454 e. The molecule has 0 saturated carbocycles. The van der Waals surface area contributed by atoms with Crippen molar-refractivity contribution in [1.29, 1.82) is 0 Å². The van der Waals surface area contributed by atoms with E-state index in [4.69, 9.17) is 18.9 Å². The third-order valence-electron chi connectivity index (χ3n) is 4.30. The predicted octanol–water partition coefficient (Wildman–Crippen LogP) is 2.44. The van der Waals surface area contributed by atoms with Crippen molar-refractivity contribution in [2.24, 2.45) is 0 Å². The molecule has 1 saturated heterocycles. The molecule has 27 heavy (non-hydrogen) atoms. The fourth-order valence-corrected chi connectivity index (χ4v) is 2.96. The van der Waals surface area contributed by atoms with Gasteiger partial charge in [-0.25, -0.2) is 0 Å². The molecular formula is C21H24O6. The largest absolute Gasteiger partial charge is 0.454 e. The molecule has 6 heteroatoms. The summed E-state index contributed by atoms with van der Waals surface area (Å²) in [5.74, 6) is -0.514. The number of hydrogen-bond acceptors (Lipinski definition) is 6. The van der Waals surface area contributed by atoms with E-state index in [-0.39, 0.29) is 6.61 Å². The lowest BCUT2D eigenvalue weighted by molar-refractivity contribution is -0.278. The molecule has 0 radical (unpaired) electrons. The van der Waals surface area contributed by atoms with E-state index >= 15 is 0 Å². The highest BCUT2D eigenvalue weighted by molar-refractivity contribution is 5.66. The van der Waals surface area contributed by atoms with Gasteiger partial charge in [-0.3, -0.25) is 4.79 Å². The van der Waals surface area contributed by atoms with Crippen molar-refractivity contribution in [2.75, 3.05) is 6.61 Å². The first kappa shape index (κ1) is 19.5. The highest BCUT2D eigenvalue weighted by Gasteiger charge is 2.43. The topological polar surface area (TPSA) is 74.2 Å². The Hall–Kier alpha value is -2.25. The Morgan fingerprint density at radius 2 is 1.52 bits per heavy atom. The maximum absolute atomic E-state index is 11.5. The lowest BCUT2D eigenvalue weighted by atomic mass is 10.0. The third-order valence-corrected chi connectivity index (χ3v) is 4.30. The van der Waals surface area contributed by atoms with Crippen LogP contribution >= 0.6 is 0 Å². The normalized spacial score (nSPS) is 25.1. The second kappa shape index (κ2) is 9.62. The van der Waals surface area contributed by atoms with Gasteiger partial charge in [-0.1, -0.05) is 60.7 Å². The van der Waals surface area contributed by atoms with Crippen molar-refractivity contribution in [3.05, 3.63) is 71.8 Å². The fraction of sp³-hybridized carbons (Fsp3) is 0.381. The van der Waals surface area contributed by atoms with Crippen molar-refractivity contribution in [3.8, 4) is 0 Å². The van der Waals surface area contributed by atoms with Gasteiger partial charge in [0.1, 0.15) is 12.2 Å². The number of aliphatic hydroxyl groups is 1. The average Bonchev–Trinajstić information content (AvgIpc) is 2.69. The van der Waals surface area contributed by atoms with E-state index in [1.807, 2.05) is 60.7 Å². The van der Waals surface area contributed by atoms with E-state index in [1.165, 1.54) is 6.92 Å². The molecule has 1 aliphatic rings. The zero-order valence-electron chi connectivity index (χ0n) is 15.2. The molecule has 0 aliphatic carbocycles. The van der Waals surface area contributed by atoms with Crippen molar-refractivity contribution in [1.82, 2.24) is 0 Å². The average molecular weight is 372 g/mol. The number of esters is 1. The van der Waals surface area contributed by atoms with Crippen LogP contribution in [0.1, 0.15) is 18.1 Å². The molecule has 1 aliphatic heterocycles. The molecule has 2 aromatic carbocycles. The van der Waals surface area contributed by atoms with Gasteiger partial charge in [-0.05, 0) is 11.1 Å². The Bertz CT molecular complexity index is 705. The van der Waals surface area contributed by atoms with Gasteiger partial charge in [0.25, 0.3) is 0 Å². The van der Waals surface area contributed by atoms with Crippen LogP contribution in [0.25, 0.3) is 0 Å². The molecule has 0 spiro atoms. The fourth-order valence-electron chi connectivity index (χ4n) is 2.96. The number of hydrogen-bond donors (Lipinski definition) is 1. The summed E-state index contributed by atoms with van der Waals surface area (Å²) in [5, 5.41) is 10.2. The summed E-state index contributed by atoms with van der Waals surface area (Å²) in [6.07, 6.45) is -3.35. The van der Waals surface area contributed by atoms with E-state index in [1.54, 1.807) is 0 Å². The van der Waals surface area contributed by atoms with Gasteiger partial charge in [-0.2, -0.15) is 0 Å². The first-order valence-electron chi connectivity index (χ1n) is 8.91. The quantitative estimate of drug-likeness (QED) is 0.753. The molecule has 1 unspecified atom stereocenters. The summed E-state index contributed by atoms with van der Waals surface area (Å²) in [6.45, 7) is 2.10. The van der Waals surface area contributed by atoms with Crippen LogP contribution in [0.3, 0.4) is 0 Å². The van der Waals surface area contributed by atoms with Crippen molar-refractivity contribution in [3.63, 3.8) is 0 Å². The van der Waals surface area contributed by atoms with Gasteiger partial charge in [0.2, 0.25) is 0 Å². The van der Waals surface area contributed by atoms with Crippen molar-refractivity contribution >= 4 is 5.97 Å². The van der Waals surface area contributed by atoms with Crippen LogP contribution in [0.4, 0.5) is 0 Å². The highest BCUT2D eigenvalue weighted by Crippen LogP contribution is 2.24. The molecule has 0 aromatic heterocycles. The van der Waals surface area contributed by atoms with Crippen LogP contribution in [-0.2, 0) is 37.0 Å². The molecule has 144 valence electrons. The molecular weight excluding hydrogens is 348 g/mol. The number of aliphatic hydroxyl groups excluding tert-OH is 1. The lowest BCUT2D eigenvalue weighted by Crippen LogP contribution is -2.56. The molecule has 1 N–H and O–H groups in total. The Kier molecular flexibility index (Phi) is 6.95. The van der Waals surface area contributed by atoms with Crippen LogP contribution in [0.5, 0.6) is 0 Å². The summed E-state index contributed by atoms with van der Waals surface area (Å²) in [4.78, 5) is 11.5. The summed E-state index contributed by atoms with van der Waals surface area (Å²) in [5.41, 5.74) is 1.98. The van der Waals surface area contributed by atoms with E-state index in [0.717, 1.165) is 11.1 Å². The second-order valence-corrected chi connectivity index (χ2v) is 6.39. The molecule has 1 fully saturated rings. The Balaban J connectivity index is 1.70. The molecule has 6 nitrogen and oxygen atoms in total. The molecule has 4 atom stereocenters. The first-order valence-corrected chi connectivity index (χ1v) is 8.91. The third kappa shape index (κ3) is 5.61. The van der Waals surface area contributed by atoms with Crippen LogP contribution < -0.4 is 0 Å². The van der Waals surface area contributed by atoms with Crippen LogP contribution in [0.15, 0.2) is 60.7 Å². The first-order chi connectivity index (χ1) is 13.1. The maximum atomic E-state index is 11.5. The monoisotopic (exact) mass is 372 g/mol. The van der Waals surface area contributed by atoms with E-state index < -0.39 is 30.6 Å². The lowest BCUT2D eigenvalue weighted by Gasteiger charge is -2.39. The predicted molar refractivity (Wildman–Crippen MR) is 97.6 cm³/mol. The summed E-state index contributed by atoms with van der Waals surface area (Å²) in [7, 11) is 0. The standard InChI is InChI=1S/C21H24O6/c1-15(22)27-20-19(25-13-17-10-6-3-7-11-17)18(14-26-21(20)23)24-12-16-8-4-2-5-9-16/h2-11,18-21,23H,12-14H2,1H3/t18-,19-,20+,21?/m0/s1. The minimum absolute atomic E-state index is 0.144. The summed E-state index contributed by atoms with van der Waals surface area (Å²) in [6, 6.07) is 19.4. The number of carbonyl (C=O) groups excluding carboxylic acids is 1. The zero-order chi connectivity index (χ0) is 19.1. The van der Waals surface area contributed by atoms with Gasteiger partial charge in [0.15, 0.2) is 12.4 Å². The van der Waals surface area contributed by atoms with Crippen LogP contribution in [-0.4, -0.2) is 42.3 Å². The van der Waals surface area contributed by atoms with Gasteiger partial charge in [0, 0.05) is 6.92 Å². The van der Waals surface area contributed by atoms with Gasteiger partial charge < -0.3 is 24.1 Å². The molecule has 3 rings (SSSR count). The van der Waals surface area contributed by atoms with Crippen LogP contribution in [0.2, 0.25) is 0 Å². The Morgan fingerprint density at radius 1 is 0.963 bits per heavy atom. The SMILES string of the molecule is CC(=O)O[C@H]1C(O)OC[C@H](OCc2ccccc2)[C@@H]1OCc1ccccc1. The van der Waals surface area contributed by atoms with E-state index in [2.05, 4.69) is 0 Å². The number of benzene rings is 2. The van der Waals surface area contributed by atoms with Crippen molar-refractivity contribution in [2.45, 2.75) is 44.7 Å². The van der Waals surface area contributed by atoms with E-state index in [9.17, 15) is 9.90 Å². The van der Waals surface area contributed by atoms with Gasteiger partial charge in [0.05, 0.1) is 19.8 Å². The Morgan fingerprint density at radius 3 is 2.07 bits per heavy atom. The van der Waals surface area contributed by atoms with Crippen LogP contribution in [0, 0.1) is 0 Å². The van der Waals surface area contributed by atoms with Gasteiger partial charge in [-0.15, -0.1) is 0 Å². The maximum Gasteiger partial charge on any atom is 0.303 e. The van der Waals surface area contributed by atoms with E-state index in [0.29, 0.717) is 13.2 Å². The smallest absolute Gasteiger partial charge is 0.303 e. The molecule has 0 bridgehead atoms. The number of ether oxygens (including phenoxy) is 4. The molecule has 2 aromatic rings. The second-order valence-electron chi connectivity index (χ2n) is 6.39. The Labute approximate surface area is 158 Å². The van der Waals surface area contributed by atoms with Gasteiger partial charge >= 0.3 is 5.97 Å². The number of carbonyl (C=O) groups is 1. The minimum atomic E-state index is -1.26. The summed E-state index contributed by atoms with van der Waals surface area (Å²) < 4.78 is 22.6. The highest BCUT2D eigenvalue weighted by atomic mass is 16.7. The van der Waals surface area contributed by atoms with Crippen molar-refractivity contribution < 1.29 is 28.8 Å². The molecule has 0 amide bonds.